The monoisotopic (exact) mass is 300 g/mol. The summed E-state index contributed by atoms with van der Waals surface area (Å²) in [4.78, 5) is 0. The lowest BCUT2D eigenvalue weighted by molar-refractivity contribution is 0.245. The second-order valence-corrected chi connectivity index (χ2v) is 9.40. The molecule has 0 bridgehead atoms. The van der Waals surface area contributed by atoms with Gasteiger partial charge in [0.05, 0.1) is 0 Å². The van der Waals surface area contributed by atoms with Crippen molar-refractivity contribution in [3.8, 4) is 11.1 Å². The molecule has 0 radical (unpaired) electrons. The van der Waals surface area contributed by atoms with Crippen LogP contribution in [0.2, 0.25) is 5.04 Å². The van der Waals surface area contributed by atoms with Gasteiger partial charge in [0.2, 0.25) is 0 Å². The predicted molar refractivity (Wildman–Crippen MR) is 96.4 cm³/mol. The second-order valence-electron chi connectivity index (χ2n) is 6.65. The van der Waals surface area contributed by atoms with Gasteiger partial charge in [-0.15, -0.1) is 0 Å². The summed E-state index contributed by atoms with van der Waals surface area (Å²) >= 11 is 0. The minimum atomic E-state index is -0.298. The highest BCUT2D eigenvalue weighted by Gasteiger charge is 2.11. The predicted octanol–water partition coefficient (Wildman–Crippen LogP) is 5.07. The van der Waals surface area contributed by atoms with Gasteiger partial charge in [-0.05, 0) is 30.0 Å². The third-order valence-corrected chi connectivity index (χ3v) is 4.43. The zero-order chi connectivity index (χ0) is 15.7. The third kappa shape index (κ3) is 8.48. The first-order valence-electron chi connectivity index (χ1n) is 7.60. The summed E-state index contributed by atoms with van der Waals surface area (Å²) in [5.74, 6) is 0. The van der Waals surface area contributed by atoms with Gasteiger partial charge in [-0.2, -0.15) is 0 Å². The summed E-state index contributed by atoms with van der Waals surface area (Å²) in [5.41, 5.74) is 2.55. The van der Waals surface area contributed by atoms with Crippen molar-refractivity contribution >= 4 is 9.76 Å². The Bertz CT molecular complexity index is 448. The van der Waals surface area contributed by atoms with Crippen LogP contribution in [0.4, 0.5) is 0 Å². The van der Waals surface area contributed by atoms with E-state index >= 15 is 0 Å². The molecule has 0 heterocycles. The van der Waals surface area contributed by atoms with E-state index in [4.69, 9.17) is 4.43 Å². The Balaban J connectivity index is 0.000000222. The maximum Gasteiger partial charge on any atom is 0.167 e. The normalized spacial score (nSPS) is 11.5. The molecule has 21 heavy (non-hydrogen) atoms. The second kappa shape index (κ2) is 8.80. The van der Waals surface area contributed by atoms with E-state index in [0.29, 0.717) is 11.1 Å². The van der Waals surface area contributed by atoms with Crippen molar-refractivity contribution in [3.05, 3.63) is 60.7 Å². The number of benzene rings is 2. The van der Waals surface area contributed by atoms with Crippen LogP contribution in [-0.2, 0) is 4.43 Å². The van der Waals surface area contributed by atoms with Crippen molar-refractivity contribution in [2.24, 2.45) is 0 Å². The van der Waals surface area contributed by atoms with Crippen LogP contribution in [0, 0.1) is 0 Å². The first-order valence-corrected chi connectivity index (χ1v) is 8.89. The van der Waals surface area contributed by atoms with Crippen molar-refractivity contribution in [1.29, 1.82) is 0 Å². The Labute approximate surface area is 132 Å². The Hall–Kier alpha value is -1.38. The summed E-state index contributed by atoms with van der Waals surface area (Å²) in [5, 5.41) is 0.449. The summed E-state index contributed by atoms with van der Waals surface area (Å²) in [6.07, 6.45) is 0.427. The van der Waals surface area contributed by atoms with Crippen molar-refractivity contribution in [3.63, 3.8) is 0 Å². The first kappa shape index (κ1) is 17.7. The van der Waals surface area contributed by atoms with Crippen molar-refractivity contribution in [1.82, 2.24) is 0 Å². The molecule has 0 atom stereocenters. The Morgan fingerprint density at radius 1 is 0.762 bits per heavy atom. The third-order valence-electron chi connectivity index (χ3n) is 2.73. The van der Waals surface area contributed by atoms with Crippen LogP contribution < -0.4 is 0 Å². The van der Waals surface area contributed by atoms with Gasteiger partial charge in [0.25, 0.3) is 0 Å². The summed E-state index contributed by atoms with van der Waals surface area (Å²) in [6, 6.07) is 20.8. The van der Waals surface area contributed by atoms with Crippen molar-refractivity contribution in [2.75, 3.05) is 0 Å². The molecule has 0 amide bonds. The van der Waals surface area contributed by atoms with Crippen LogP contribution in [0.15, 0.2) is 60.7 Å². The molecule has 0 aliphatic heterocycles. The van der Waals surface area contributed by atoms with E-state index in [1.807, 2.05) is 12.1 Å². The molecule has 0 aromatic heterocycles. The summed E-state index contributed by atoms with van der Waals surface area (Å²) in [6.45, 7) is 10.9. The van der Waals surface area contributed by atoms with Gasteiger partial charge in [-0.3, -0.25) is 0 Å². The molecule has 2 heteroatoms. The van der Waals surface area contributed by atoms with Crippen LogP contribution in [-0.4, -0.2) is 15.9 Å². The lowest BCUT2D eigenvalue weighted by Crippen LogP contribution is -2.16. The molecule has 0 unspecified atom stereocenters. The van der Waals surface area contributed by atoms with Crippen LogP contribution >= 0.6 is 0 Å². The average Bonchev–Trinajstić information content (AvgIpc) is 2.47. The van der Waals surface area contributed by atoms with E-state index in [0.717, 1.165) is 0 Å². The van der Waals surface area contributed by atoms with Crippen LogP contribution in [0.3, 0.4) is 0 Å². The molecule has 114 valence electrons. The van der Waals surface area contributed by atoms with E-state index in [1.165, 1.54) is 11.1 Å². The van der Waals surface area contributed by atoms with E-state index in [-0.39, 0.29) is 9.76 Å². The number of hydrogen-bond acceptors (Lipinski definition) is 1. The molecule has 2 aromatic rings. The van der Waals surface area contributed by atoms with Gasteiger partial charge in [0.1, 0.15) is 0 Å². The fourth-order valence-corrected chi connectivity index (χ4v) is 2.51. The molecule has 1 nitrogen and oxygen atoms in total. The maximum absolute atomic E-state index is 5.55. The van der Waals surface area contributed by atoms with E-state index in [2.05, 4.69) is 83.1 Å². The van der Waals surface area contributed by atoms with Gasteiger partial charge in [0.15, 0.2) is 9.76 Å². The minimum absolute atomic E-state index is 0.298. The Morgan fingerprint density at radius 3 is 1.38 bits per heavy atom. The lowest BCUT2D eigenvalue weighted by Gasteiger charge is -2.18. The van der Waals surface area contributed by atoms with E-state index in [9.17, 15) is 0 Å². The molecule has 0 saturated heterocycles. The van der Waals surface area contributed by atoms with Gasteiger partial charge >= 0.3 is 0 Å². The van der Waals surface area contributed by atoms with Crippen molar-refractivity contribution < 1.29 is 4.43 Å². The quantitative estimate of drug-likeness (QED) is 0.719. The topological polar surface area (TPSA) is 9.23 Å². The smallest absolute Gasteiger partial charge is 0.167 e. The van der Waals surface area contributed by atoms with Gasteiger partial charge in [-0.1, -0.05) is 81.4 Å². The highest BCUT2D eigenvalue weighted by molar-refractivity contribution is 6.31. The number of hydrogen-bond donors (Lipinski definition) is 0. The van der Waals surface area contributed by atoms with E-state index < -0.39 is 0 Å². The van der Waals surface area contributed by atoms with Gasteiger partial charge < -0.3 is 4.43 Å². The average molecular weight is 301 g/mol. The molecular weight excluding hydrogens is 272 g/mol. The van der Waals surface area contributed by atoms with Crippen LogP contribution in [0.5, 0.6) is 0 Å². The molecule has 0 spiro atoms. The highest BCUT2D eigenvalue weighted by atomic mass is 28.2. The largest absolute Gasteiger partial charge is 0.421 e. The lowest BCUT2D eigenvalue weighted by atomic mass is 10.1. The fourth-order valence-electron chi connectivity index (χ4n) is 1.68. The molecule has 2 rings (SSSR count). The molecule has 2 aromatic carbocycles. The van der Waals surface area contributed by atoms with Gasteiger partial charge in [-0.25, -0.2) is 0 Å². The zero-order valence-electron chi connectivity index (χ0n) is 14.0. The zero-order valence-corrected chi connectivity index (χ0v) is 15.4. The van der Waals surface area contributed by atoms with Crippen molar-refractivity contribution in [2.45, 2.75) is 45.8 Å². The maximum atomic E-state index is 5.55. The number of rotatable bonds is 3. The fraction of sp³-hybridized carbons (Fsp3) is 0.368. The SMILES string of the molecule is CC(C)O[SiH2]C(C)(C)C.c1ccc(-c2ccccc2)cc1. The highest BCUT2D eigenvalue weighted by Crippen LogP contribution is 2.20. The summed E-state index contributed by atoms with van der Waals surface area (Å²) < 4.78 is 5.55. The molecule has 0 aliphatic carbocycles. The van der Waals surface area contributed by atoms with Gasteiger partial charge in [0, 0.05) is 6.10 Å². The van der Waals surface area contributed by atoms with E-state index in [1.54, 1.807) is 0 Å². The minimum Gasteiger partial charge on any atom is -0.421 e. The molecular formula is C19H28OSi. The van der Waals surface area contributed by atoms with Crippen LogP contribution in [0.1, 0.15) is 34.6 Å². The van der Waals surface area contributed by atoms with Crippen LogP contribution in [0.25, 0.3) is 11.1 Å². The Morgan fingerprint density at radius 2 is 1.14 bits per heavy atom. The first-order chi connectivity index (χ1) is 9.88. The standard InChI is InChI=1S/C12H10.C7H18OSi/c1-3-7-11(8-4-1)12-9-5-2-6-10-12;1-6(2)8-9-7(3,4)5/h1-10H;6H,9H2,1-5H3. The molecule has 0 fully saturated rings. The summed E-state index contributed by atoms with van der Waals surface area (Å²) in [7, 11) is -0.298. The molecule has 0 saturated carbocycles. The molecule has 0 N–H and O–H groups in total. The Kier molecular flexibility index (Phi) is 7.41. The molecule has 0 aliphatic rings.